The van der Waals surface area contributed by atoms with Crippen LogP contribution in [0.5, 0.6) is 0 Å². The van der Waals surface area contributed by atoms with Gasteiger partial charge in [0.25, 0.3) is 0 Å². The van der Waals surface area contributed by atoms with Gasteiger partial charge in [0.05, 0.1) is 6.61 Å². The van der Waals surface area contributed by atoms with E-state index in [4.69, 9.17) is 16.7 Å². The fraction of sp³-hybridized carbons (Fsp3) is 0.364. The maximum Gasteiger partial charge on any atom is 0.233 e. The van der Waals surface area contributed by atoms with E-state index >= 15 is 0 Å². The van der Waals surface area contributed by atoms with Gasteiger partial charge in [0.15, 0.2) is 0 Å². The molecule has 0 aliphatic carbocycles. The minimum atomic E-state index is 0.0818. The first-order valence-electron chi connectivity index (χ1n) is 4.72. The van der Waals surface area contributed by atoms with Crippen molar-refractivity contribution >= 4 is 23.6 Å². The zero-order valence-corrected chi connectivity index (χ0v) is 9.07. The van der Waals surface area contributed by atoms with Crippen LogP contribution in [0.3, 0.4) is 0 Å². The molecule has 0 saturated carbocycles. The SMILES string of the molecule is O=[C]c1ccc(N(CCO)CCCl)cc1. The van der Waals surface area contributed by atoms with E-state index < -0.39 is 0 Å². The number of hydrogen-bond acceptors (Lipinski definition) is 3. The normalized spacial score (nSPS) is 10.0. The lowest BCUT2D eigenvalue weighted by atomic mass is 10.2. The Labute approximate surface area is 94.3 Å². The summed E-state index contributed by atoms with van der Waals surface area (Å²) in [5.74, 6) is 0.502. The van der Waals surface area contributed by atoms with Crippen LogP contribution in [-0.2, 0) is 4.79 Å². The van der Waals surface area contributed by atoms with Crippen molar-refractivity contribution in [2.45, 2.75) is 0 Å². The highest BCUT2D eigenvalue weighted by Crippen LogP contribution is 2.14. The van der Waals surface area contributed by atoms with Crippen molar-refractivity contribution in [2.75, 3.05) is 30.5 Å². The van der Waals surface area contributed by atoms with E-state index in [2.05, 4.69) is 0 Å². The van der Waals surface area contributed by atoms with Crippen LogP contribution in [0.1, 0.15) is 5.56 Å². The van der Waals surface area contributed by atoms with Crippen LogP contribution in [0.2, 0.25) is 0 Å². The second-order valence-corrected chi connectivity index (χ2v) is 3.43. The van der Waals surface area contributed by atoms with Gasteiger partial charge in [-0.2, -0.15) is 0 Å². The molecule has 1 N–H and O–H groups in total. The number of carbonyl (C=O) groups excluding carboxylic acids is 1. The van der Waals surface area contributed by atoms with Crippen LogP contribution in [0.15, 0.2) is 24.3 Å². The highest BCUT2D eigenvalue weighted by molar-refractivity contribution is 6.18. The first-order chi connectivity index (χ1) is 7.31. The number of rotatable bonds is 6. The van der Waals surface area contributed by atoms with Crippen LogP contribution < -0.4 is 4.90 Å². The number of nitrogens with zero attached hydrogens (tertiary/aromatic N) is 1. The van der Waals surface area contributed by atoms with Crippen molar-refractivity contribution in [1.82, 2.24) is 0 Å². The molecule has 0 heterocycles. The Hall–Kier alpha value is -1.06. The molecule has 0 unspecified atom stereocenters. The number of aliphatic hydroxyl groups excluding tert-OH is 1. The molecular formula is C11H13ClNO2. The van der Waals surface area contributed by atoms with E-state index in [1.165, 1.54) is 0 Å². The number of anilines is 1. The van der Waals surface area contributed by atoms with Gasteiger partial charge < -0.3 is 10.0 Å². The summed E-state index contributed by atoms with van der Waals surface area (Å²) < 4.78 is 0. The summed E-state index contributed by atoms with van der Waals surface area (Å²) >= 11 is 5.65. The lowest BCUT2D eigenvalue weighted by molar-refractivity contribution is 0.302. The summed E-state index contributed by atoms with van der Waals surface area (Å²) in [5.41, 5.74) is 1.47. The van der Waals surface area contributed by atoms with Gasteiger partial charge >= 0.3 is 0 Å². The first kappa shape index (κ1) is 12.0. The third-order valence-corrected chi connectivity index (χ3v) is 2.24. The molecule has 81 valence electrons. The topological polar surface area (TPSA) is 40.5 Å². The smallest absolute Gasteiger partial charge is 0.233 e. The summed E-state index contributed by atoms with van der Waals surface area (Å²) in [6, 6.07) is 7.03. The predicted octanol–water partition coefficient (Wildman–Crippen LogP) is 1.18. The summed E-state index contributed by atoms with van der Waals surface area (Å²) in [6.07, 6.45) is 1.81. The second kappa shape index (κ2) is 6.43. The fourth-order valence-corrected chi connectivity index (χ4v) is 1.54. The molecule has 0 bridgehead atoms. The molecule has 1 aromatic carbocycles. The van der Waals surface area contributed by atoms with Gasteiger partial charge in [0, 0.05) is 30.2 Å². The van der Waals surface area contributed by atoms with Crippen molar-refractivity contribution in [3.8, 4) is 0 Å². The largest absolute Gasteiger partial charge is 0.395 e. The molecule has 0 spiro atoms. The van der Waals surface area contributed by atoms with Crippen molar-refractivity contribution in [3.63, 3.8) is 0 Å². The zero-order chi connectivity index (χ0) is 11.1. The van der Waals surface area contributed by atoms with Gasteiger partial charge in [0.2, 0.25) is 6.29 Å². The molecule has 3 nitrogen and oxygen atoms in total. The van der Waals surface area contributed by atoms with Gasteiger partial charge in [-0.25, -0.2) is 0 Å². The second-order valence-electron chi connectivity index (χ2n) is 3.05. The quantitative estimate of drug-likeness (QED) is 0.741. The van der Waals surface area contributed by atoms with E-state index in [9.17, 15) is 4.79 Å². The van der Waals surface area contributed by atoms with Crippen LogP contribution in [0, 0.1) is 0 Å². The molecule has 0 saturated heterocycles. The molecule has 0 aliphatic heterocycles. The molecule has 1 rings (SSSR count). The molecule has 1 radical (unpaired) electrons. The molecule has 0 aliphatic rings. The molecule has 1 aromatic rings. The third kappa shape index (κ3) is 3.53. The maximum absolute atomic E-state index is 10.3. The Morgan fingerprint density at radius 3 is 2.40 bits per heavy atom. The standard InChI is InChI=1S/C11H13ClNO2/c12-5-6-13(7-8-14)11-3-1-10(9-15)2-4-11/h1-4,14H,5-8H2. The third-order valence-electron chi connectivity index (χ3n) is 2.07. The monoisotopic (exact) mass is 226 g/mol. The Balaban J connectivity index is 2.76. The van der Waals surface area contributed by atoms with E-state index in [0.717, 1.165) is 5.69 Å². The summed E-state index contributed by atoms with van der Waals surface area (Å²) in [6.45, 7) is 1.29. The van der Waals surface area contributed by atoms with Crippen LogP contribution >= 0.6 is 11.6 Å². The molecule has 0 aromatic heterocycles. The van der Waals surface area contributed by atoms with Crippen molar-refractivity contribution < 1.29 is 9.90 Å². The minimum Gasteiger partial charge on any atom is -0.395 e. The molecule has 0 fully saturated rings. The summed E-state index contributed by atoms with van der Waals surface area (Å²) in [7, 11) is 0. The Morgan fingerprint density at radius 2 is 1.93 bits per heavy atom. The molecule has 0 atom stereocenters. The first-order valence-corrected chi connectivity index (χ1v) is 5.25. The lowest BCUT2D eigenvalue weighted by Crippen LogP contribution is -2.28. The highest BCUT2D eigenvalue weighted by atomic mass is 35.5. The number of alkyl halides is 1. The summed E-state index contributed by atoms with van der Waals surface area (Å²) in [4.78, 5) is 12.3. The van der Waals surface area contributed by atoms with Crippen LogP contribution in [0.4, 0.5) is 5.69 Å². The number of hydrogen-bond donors (Lipinski definition) is 1. The van der Waals surface area contributed by atoms with Crippen LogP contribution in [-0.4, -0.2) is 37.0 Å². The van der Waals surface area contributed by atoms with Crippen molar-refractivity contribution in [3.05, 3.63) is 29.8 Å². The lowest BCUT2D eigenvalue weighted by Gasteiger charge is -2.22. The summed E-state index contributed by atoms with van der Waals surface area (Å²) in [5, 5.41) is 8.88. The van der Waals surface area contributed by atoms with Gasteiger partial charge in [-0.1, -0.05) is 0 Å². The maximum atomic E-state index is 10.3. The van der Waals surface area contributed by atoms with Crippen molar-refractivity contribution in [1.29, 1.82) is 0 Å². The molecule has 0 amide bonds. The number of benzene rings is 1. The highest BCUT2D eigenvalue weighted by Gasteiger charge is 2.04. The van der Waals surface area contributed by atoms with Gasteiger partial charge in [-0.3, -0.25) is 4.79 Å². The van der Waals surface area contributed by atoms with Gasteiger partial charge in [0.1, 0.15) is 0 Å². The Bertz CT molecular complexity index is 294. The minimum absolute atomic E-state index is 0.0818. The number of aliphatic hydroxyl groups is 1. The van der Waals surface area contributed by atoms with Crippen molar-refractivity contribution in [2.24, 2.45) is 0 Å². The van der Waals surface area contributed by atoms with Crippen LogP contribution in [0.25, 0.3) is 0 Å². The zero-order valence-electron chi connectivity index (χ0n) is 8.32. The Kier molecular flexibility index (Phi) is 5.15. The predicted molar refractivity (Wildman–Crippen MR) is 61.3 cm³/mol. The van der Waals surface area contributed by atoms with E-state index in [1.807, 2.05) is 23.3 Å². The molecular weight excluding hydrogens is 214 g/mol. The van der Waals surface area contributed by atoms with E-state index in [1.54, 1.807) is 12.1 Å². The number of halogens is 1. The molecule has 4 heteroatoms. The Morgan fingerprint density at radius 1 is 1.27 bits per heavy atom. The average molecular weight is 227 g/mol. The van der Waals surface area contributed by atoms with E-state index in [0.29, 0.717) is 24.5 Å². The average Bonchev–Trinajstić information content (AvgIpc) is 2.29. The van der Waals surface area contributed by atoms with Gasteiger partial charge in [-0.05, 0) is 24.3 Å². The fourth-order valence-electron chi connectivity index (χ4n) is 1.33. The van der Waals surface area contributed by atoms with E-state index in [-0.39, 0.29) is 6.61 Å². The molecule has 15 heavy (non-hydrogen) atoms. The van der Waals surface area contributed by atoms with Gasteiger partial charge in [-0.15, -0.1) is 11.6 Å².